The molecular weight excluding hydrogens is 260 g/mol. The molecule has 21 heavy (non-hydrogen) atoms. The molecule has 126 valence electrons. The second kappa shape index (κ2) is 7.97. The van der Waals surface area contributed by atoms with Crippen LogP contribution in [0.1, 0.15) is 74.1 Å². The first-order chi connectivity index (χ1) is 9.60. The van der Waals surface area contributed by atoms with Crippen molar-refractivity contribution in [1.29, 1.82) is 0 Å². The van der Waals surface area contributed by atoms with E-state index in [-0.39, 0.29) is 0 Å². The predicted molar refractivity (Wildman–Crippen MR) is 90.6 cm³/mol. The highest BCUT2D eigenvalue weighted by molar-refractivity contribution is 4.78. The summed E-state index contributed by atoms with van der Waals surface area (Å²) in [6.07, 6.45) is 5.47. The fraction of sp³-hybridized carbons (Fsp3) is 1.00. The number of hydrogen-bond acceptors (Lipinski definition) is 2. The van der Waals surface area contributed by atoms with Gasteiger partial charge >= 0.3 is 0 Å². The fourth-order valence-corrected chi connectivity index (χ4v) is 3.35. The summed E-state index contributed by atoms with van der Waals surface area (Å²) in [5, 5.41) is 0. The molecule has 2 fully saturated rings. The second-order valence-electron chi connectivity index (χ2n) is 9.02. The van der Waals surface area contributed by atoms with Gasteiger partial charge in [0.2, 0.25) is 0 Å². The normalized spacial score (nSPS) is 28.7. The molecular formula is C19H38O2. The minimum atomic E-state index is 0.470. The summed E-state index contributed by atoms with van der Waals surface area (Å²) in [4.78, 5) is 0. The van der Waals surface area contributed by atoms with E-state index in [0.717, 1.165) is 31.7 Å². The van der Waals surface area contributed by atoms with Crippen molar-refractivity contribution in [3.63, 3.8) is 0 Å². The van der Waals surface area contributed by atoms with Gasteiger partial charge in [0.25, 0.3) is 0 Å². The van der Waals surface area contributed by atoms with Crippen molar-refractivity contribution in [3.8, 4) is 0 Å². The zero-order valence-electron chi connectivity index (χ0n) is 15.5. The first kappa shape index (κ1) is 19.0. The van der Waals surface area contributed by atoms with Crippen LogP contribution in [-0.2, 0) is 9.47 Å². The third-order valence-corrected chi connectivity index (χ3v) is 5.16. The lowest BCUT2D eigenvalue weighted by molar-refractivity contribution is -0.0248. The van der Waals surface area contributed by atoms with Gasteiger partial charge in [-0.15, -0.1) is 0 Å². The maximum absolute atomic E-state index is 5.50. The summed E-state index contributed by atoms with van der Waals surface area (Å²) in [5.41, 5.74) is 0.960. The molecule has 0 aliphatic carbocycles. The van der Waals surface area contributed by atoms with E-state index in [2.05, 4.69) is 48.5 Å². The molecule has 0 radical (unpaired) electrons. The van der Waals surface area contributed by atoms with Gasteiger partial charge in [0.05, 0.1) is 6.10 Å². The fourth-order valence-electron chi connectivity index (χ4n) is 3.35. The van der Waals surface area contributed by atoms with E-state index < -0.39 is 0 Å². The van der Waals surface area contributed by atoms with Gasteiger partial charge in [0.15, 0.2) is 0 Å². The van der Waals surface area contributed by atoms with Crippen LogP contribution in [0.3, 0.4) is 0 Å². The van der Waals surface area contributed by atoms with Crippen LogP contribution in [0.25, 0.3) is 0 Å². The standard InChI is InChI=1S/C10H20O.C9H18O/c1-8-7-9(5-6-11-8)10(2,3)4;1-9(2,3)8-4-6-10-7-5-8/h8-9H,5-7H2,1-4H3;8H,4-7H2,1-3H3. The number of hydrogen-bond donors (Lipinski definition) is 0. The Kier molecular flexibility index (Phi) is 7.19. The average Bonchev–Trinajstić information content (AvgIpc) is 2.38. The lowest BCUT2D eigenvalue weighted by Gasteiger charge is -2.36. The Morgan fingerprint density at radius 2 is 1.19 bits per heavy atom. The van der Waals surface area contributed by atoms with Crippen molar-refractivity contribution < 1.29 is 9.47 Å². The Hall–Kier alpha value is -0.0800. The second-order valence-corrected chi connectivity index (χ2v) is 9.02. The molecule has 2 heteroatoms. The first-order valence-electron chi connectivity index (χ1n) is 8.80. The lowest BCUT2D eigenvalue weighted by Crippen LogP contribution is -2.31. The van der Waals surface area contributed by atoms with E-state index in [4.69, 9.17) is 9.47 Å². The molecule has 2 heterocycles. The van der Waals surface area contributed by atoms with Crippen molar-refractivity contribution in [2.75, 3.05) is 19.8 Å². The molecule has 2 saturated heterocycles. The van der Waals surface area contributed by atoms with Crippen LogP contribution in [0.4, 0.5) is 0 Å². The lowest BCUT2D eigenvalue weighted by atomic mass is 9.75. The molecule has 0 aromatic carbocycles. The van der Waals surface area contributed by atoms with E-state index in [1.54, 1.807) is 0 Å². The topological polar surface area (TPSA) is 18.5 Å². The third kappa shape index (κ3) is 7.15. The molecule has 2 aliphatic rings. The van der Waals surface area contributed by atoms with E-state index in [1.165, 1.54) is 25.7 Å². The summed E-state index contributed by atoms with van der Waals surface area (Å²) in [6, 6.07) is 0. The minimum Gasteiger partial charge on any atom is -0.381 e. The predicted octanol–water partition coefficient (Wildman–Crippen LogP) is 5.31. The van der Waals surface area contributed by atoms with Gasteiger partial charge in [-0.25, -0.2) is 0 Å². The first-order valence-corrected chi connectivity index (χ1v) is 8.80. The molecule has 0 bridgehead atoms. The van der Waals surface area contributed by atoms with E-state index >= 15 is 0 Å². The molecule has 2 atom stereocenters. The van der Waals surface area contributed by atoms with Crippen molar-refractivity contribution >= 4 is 0 Å². The zero-order chi connectivity index (χ0) is 16.1. The van der Waals surface area contributed by atoms with Crippen LogP contribution in [0.15, 0.2) is 0 Å². The van der Waals surface area contributed by atoms with E-state index in [9.17, 15) is 0 Å². The minimum absolute atomic E-state index is 0.470. The molecule has 2 rings (SSSR count). The van der Waals surface area contributed by atoms with Crippen LogP contribution >= 0.6 is 0 Å². The molecule has 2 nitrogen and oxygen atoms in total. The van der Waals surface area contributed by atoms with E-state index in [0.29, 0.717) is 16.9 Å². The van der Waals surface area contributed by atoms with Crippen LogP contribution in [0.5, 0.6) is 0 Å². The summed E-state index contributed by atoms with van der Waals surface area (Å²) in [6.45, 7) is 19.0. The van der Waals surface area contributed by atoms with Crippen LogP contribution < -0.4 is 0 Å². The SMILES string of the molecule is CC(C)(C)C1CCOCC1.CC1CC(C(C)(C)C)CCO1. The summed E-state index contributed by atoms with van der Waals surface area (Å²) in [7, 11) is 0. The highest BCUT2D eigenvalue weighted by atomic mass is 16.5. The Balaban J connectivity index is 0.000000211. The van der Waals surface area contributed by atoms with Crippen molar-refractivity contribution in [3.05, 3.63) is 0 Å². The van der Waals surface area contributed by atoms with Gasteiger partial charge in [0, 0.05) is 19.8 Å². The van der Waals surface area contributed by atoms with Gasteiger partial charge in [-0.1, -0.05) is 41.5 Å². The molecule has 0 aromatic heterocycles. The molecule has 0 N–H and O–H groups in total. The smallest absolute Gasteiger partial charge is 0.0549 e. The Bertz CT molecular complexity index is 279. The van der Waals surface area contributed by atoms with Gasteiger partial charge in [-0.05, 0) is 55.3 Å². The molecule has 0 spiro atoms. The third-order valence-electron chi connectivity index (χ3n) is 5.16. The van der Waals surface area contributed by atoms with Crippen LogP contribution in [0.2, 0.25) is 0 Å². The van der Waals surface area contributed by atoms with Gasteiger partial charge < -0.3 is 9.47 Å². The van der Waals surface area contributed by atoms with E-state index in [1.807, 2.05) is 0 Å². The van der Waals surface area contributed by atoms with Gasteiger partial charge in [-0.3, -0.25) is 0 Å². The summed E-state index contributed by atoms with van der Waals surface area (Å²) >= 11 is 0. The Morgan fingerprint density at radius 3 is 1.52 bits per heavy atom. The Morgan fingerprint density at radius 1 is 0.714 bits per heavy atom. The highest BCUT2D eigenvalue weighted by Crippen LogP contribution is 2.35. The molecule has 2 aliphatic heterocycles. The van der Waals surface area contributed by atoms with Crippen LogP contribution in [0, 0.1) is 22.7 Å². The molecule has 0 saturated carbocycles. The number of rotatable bonds is 0. The molecule has 0 aromatic rings. The number of ether oxygens (including phenoxy) is 2. The molecule has 0 amide bonds. The quantitative estimate of drug-likeness (QED) is 0.603. The average molecular weight is 299 g/mol. The summed E-state index contributed by atoms with van der Waals surface area (Å²) in [5.74, 6) is 1.73. The van der Waals surface area contributed by atoms with Crippen LogP contribution in [-0.4, -0.2) is 25.9 Å². The van der Waals surface area contributed by atoms with Gasteiger partial charge in [-0.2, -0.15) is 0 Å². The highest BCUT2D eigenvalue weighted by Gasteiger charge is 2.29. The zero-order valence-corrected chi connectivity index (χ0v) is 15.5. The monoisotopic (exact) mass is 298 g/mol. The van der Waals surface area contributed by atoms with Gasteiger partial charge in [0.1, 0.15) is 0 Å². The van der Waals surface area contributed by atoms with Crippen molar-refractivity contribution in [2.45, 2.75) is 80.3 Å². The van der Waals surface area contributed by atoms with Crippen molar-refractivity contribution in [1.82, 2.24) is 0 Å². The maximum atomic E-state index is 5.50. The van der Waals surface area contributed by atoms with Crippen molar-refractivity contribution in [2.24, 2.45) is 22.7 Å². The Labute approximate surface area is 133 Å². The summed E-state index contributed by atoms with van der Waals surface area (Å²) < 4.78 is 10.8. The maximum Gasteiger partial charge on any atom is 0.0549 e. The molecule has 2 unspecified atom stereocenters. The largest absolute Gasteiger partial charge is 0.381 e.